The molecule has 1 aromatic carbocycles. The predicted octanol–water partition coefficient (Wildman–Crippen LogP) is 4.23. The molecule has 0 N–H and O–H groups in total. The second kappa shape index (κ2) is 6.23. The van der Waals surface area contributed by atoms with Crippen LogP contribution < -0.4 is 4.90 Å². The minimum Gasteiger partial charge on any atom is -0.363 e. The zero-order valence-corrected chi connectivity index (χ0v) is 14.0. The van der Waals surface area contributed by atoms with Crippen LogP contribution >= 0.6 is 0 Å². The Bertz CT molecular complexity index is 880. The summed E-state index contributed by atoms with van der Waals surface area (Å²) in [5.41, 5.74) is 1.89. The van der Waals surface area contributed by atoms with Crippen LogP contribution in [-0.2, 0) is 13.2 Å². The minimum atomic E-state index is -4.42. The molecule has 0 unspecified atom stereocenters. The average Bonchev–Trinajstić information content (AvgIpc) is 3.00. The molecule has 3 aromatic rings. The van der Waals surface area contributed by atoms with Gasteiger partial charge in [-0.25, -0.2) is 4.98 Å². The number of aromatic nitrogens is 3. The highest BCUT2D eigenvalue weighted by molar-refractivity contribution is 5.68. The molecule has 0 bridgehead atoms. The fourth-order valence-corrected chi connectivity index (χ4v) is 2.44. The van der Waals surface area contributed by atoms with Gasteiger partial charge in [-0.15, -0.1) is 0 Å². The first-order chi connectivity index (χ1) is 11.7. The molecule has 0 aliphatic rings. The van der Waals surface area contributed by atoms with Crippen molar-refractivity contribution in [3.8, 4) is 22.5 Å². The summed E-state index contributed by atoms with van der Waals surface area (Å²) in [6, 6.07) is 11.2. The van der Waals surface area contributed by atoms with E-state index in [2.05, 4.69) is 10.1 Å². The monoisotopic (exact) mass is 346 g/mol. The number of benzene rings is 1. The quantitative estimate of drug-likeness (QED) is 0.712. The molecule has 0 aliphatic heterocycles. The highest BCUT2D eigenvalue weighted by Crippen LogP contribution is 2.34. The summed E-state index contributed by atoms with van der Waals surface area (Å²) in [6.45, 7) is 0. The number of alkyl halides is 3. The maximum Gasteiger partial charge on any atom is 0.416 e. The Morgan fingerprint density at radius 2 is 1.52 bits per heavy atom. The van der Waals surface area contributed by atoms with Gasteiger partial charge in [0.25, 0.3) is 0 Å². The third-order valence-electron chi connectivity index (χ3n) is 3.79. The molecule has 0 saturated heterocycles. The molecule has 25 heavy (non-hydrogen) atoms. The number of hydrogen-bond acceptors (Lipinski definition) is 3. The molecule has 4 nitrogen and oxygen atoms in total. The van der Waals surface area contributed by atoms with Crippen LogP contribution in [0.5, 0.6) is 0 Å². The first-order valence-electron chi connectivity index (χ1n) is 7.61. The number of hydrogen-bond donors (Lipinski definition) is 0. The lowest BCUT2D eigenvalue weighted by Gasteiger charge is -2.16. The molecule has 2 aromatic heterocycles. The lowest BCUT2D eigenvalue weighted by Crippen LogP contribution is -2.14. The fourth-order valence-electron chi connectivity index (χ4n) is 2.44. The summed E-state index contributed by atoms with van der Waals surface area (Å²) in [5, 5.41) is 4.31. The van der Waals surface area contributed by atoms with Crippen molar-refractivity contribution in [2.24, 2.45) is 7.05 Å². The molecule has 2 heterocycles. The SMILES string of the molecule is CN(C)c1cc(C(F)(F)F)cc(-c2ccc(-c3ccn(C)n3)cc2)n1. The lowest BCUT2D eigenvalue weighted by molar-refractivity contribution is -0.137. The van der Waals surface area contributed by atoms with E-state index in [1.54, 1.807) is 35.8 Å². The van der Waals surface area contributed by atoms with Gasteiger partial charge in [-0.2, -0.15) is 18.3 Å². The minimum absolute atomic E-state index is 0.263. The second-order valence-corrected chi connectivity index (χ2v) is 5.94. The van der Waals surface area contributed by atoms with Crippen molar-refractivity contribution in [1.82, 2.24) is 14.8 Å². The maximum atomic E-state index is 13.2. The topological polar surface area (TPSA) is 34.0 Å². The number of nitrogens with zero attached hydrogens (tertiary/aromatic N) is 4. The molecular formula is C18H17F3N4. The van der Waals surface area contributed by atoms with E-state index < -0.39 is 11.7 Å². The van der Waals surface area contributed by atoms with Gasteiger partial charge in [0.15, 0.2) is 0 Å². The largest absolute Gasteiger partial charge is 0.416 e. The first-order valence-corrected chi connectivity index (χ1v) is 7.61. The van der Waals surface area contributed by atoms with Crippen molar-refractivity contribution in [3.63, 3.8) is 0 Å². The Morgan fingerprint density at radius 3 is 2.00 bits per heavy atom. The van der Waals surface area contributed by atoms with Gasteiger partial charge in [0, 0.05) is 38.5 Å². The maximum absolute atomic E-state index is 13.2. The second-order valence-electron chi connectivity index (χ2n) is 5.94. The summed E-state index contributed by atoms with van der Waals surface area (Å²) in [6.07, 6.45) is -2.59. The molecule has 0 atom stereocenters. The van der Waals surface area contributed by atoms with Crippen LogP contribution in [0.3, 0.4) is 0 Å². The number of anilines is 1. The van der Waals surface area contributed by atoms with Gasteiger partial charge in [0.2, 0.25) is 0 Å². The average molecular weight is 346 g/mol. The van der Waals surface area contributed by atoms with E-state index in [4.69, 9.17) is 0 Å². The van der Waals surface area contributed by atoms with Crippen molar-refractivity contribution in [2.75, 3.05) is 19.0 Å². The molecule has 0 radical (unpaired) electrons. The Hall–Kier alpha value is -2.83. The summed E-state index contributed by atoms with van der Waals surface area (Å²) >= 11 is 0. The lowest BCUT2D eigenvalue weighted by atomic mass is 10.0. The number of rotatable bonds is 3. The van der Waals surface area contributed by atoms with Crippen LogP contribution in [0, 0.1) is 0 Å². The van der Waals surface area contributed by atoms with E-state index >= 15 is 0 Å². The van der Waals surface area contributed by atoms with Crippen LogP contribution in [0.25, 0.3) is 22.5 Å². The highest BCUT2D eigenvalue weighted by atomic mass is 19.4. The molecule has 0 aliphatic carbocycles. The number of aryl methyl sites for hydroxylation is 1. The first kappa shape index (κ1) is 17.0. The van der Waals surface area contributed by atoms with Gasteiger partial charge in [-0.1, -0.05) is 24.3 Å². The van der Waals surface area contributed by atoms with Gasteiger partial charge < -0.3 is 4.90 Å². The smallest absolute Gasteiger partial charge is 0.363 e. The number of pyridine rings is 1. The standard InChI is InChI=1S/C18H17F3N4/c1-24(2)17-11-14(18(19,20)21)10-16(22-17)13-6-4-12(5-7-13)15-8-9-25(3)23-15/h4-11H,1-3H3. The molecule has 130 valence electrons. The van der Waals surface area contributed by atoms with E-state index in [-0.39, 0.29) is 11.5 Å². The molecule has 0 fully saturated rings. The fraction of sp³-hybridized carbons (Fsp3) is 0.222. The Kier molecular flexibility index (Phi) is 4.24. The van der Waals surface area contributed by atoms with Crippen LogP contribution in [0.15, 0.2) is 48.7 Å². The van der Waals surface area contributed by atoms with Gasteiger partial charge in [0.1, 0.15) is 5.82 Å². The van der Waals surface area contributed by atoms with Crippen LogP contribution in [-0.4, -0.2) is 28.9 Å². The molecule has 3 rings (SSSR count). The van der Waals surface area contributed by atoms with E-state index in [0.717, 1.165) is 23.4 Å². The van der Waals surface area contributed by atoms with Crippen molar-refractivity contribution in [3.05, 3.63) is 54.2 Å². The zero-order chi connectivity index (χ0) is 18.2. The van der Waals surface area contributed by atoms with E-state index in [1.807, 2.05) is 31.4 Å². The summed E-state index contributed by atoms with van der Waals surface area (Å²) in [7, 11) is 5.15. The molecule has 0 amide bonds. The Labute approximate surface area is 143 Å². The summed E-state index contributed by atoms with van der Waals surface area (Å²) < 4.78 is 41.2. The van der Waals surface area contributed by atoms with Gasteiger partial charge in [-0.05, 0) is 18.2 Å². The highest BCUT2D eigenvalue weighted by Gasteiger charge is 2.32. The van der Waals surface area contributed by atoms with Gasteiger partial charge in [-0.3, -0.25) is 4.68 Å². The van der Waals surface area contributed by atoms with Gasteiger partial charge in [0.05, 0.1) is 17.0 Å². The van der Waals surface area contributed by atoms with Crippen molar-refractivity contribution in [2.45, 2.75) is 6.18 Å². The number of halogens is 3. The third-order valence-corrected chi connectivity index (χ3v) is 3.79. The van der Waals surface area contributed by atoms with Crippen molar-refractivity contribution < 1.29 is 13.2 Å². The van der Waals surface area contributed by atoms with Crippen molar-refractivity contribution >= 4 is 5.82 Å². The summed E-state index contributed by atoms with van der Waals surface area (Å²) in [4.78, 5) is 5.89. The van der Waals surface area contributed by atoms with Crippen LogP contribution in [0.1, 0.15) is 5.56 Å². The molecule has 0 spiro atoms. The molecule has 7 heteroatoms. The predicted molar refractivity (Wildman–Crippen MR) is 91.2 cm³/mol. The van der Waals surface area contributed by atoms with E-state index in [0.29, 0.717) is 5.56 Å². The summed E-state index contributed by atoms with van der Waals surface area (Å²) in [5.74, 6) is 0.263. The normalized spacial score (nSPS) is 11.6. The molecule has 0 saturated carbocycles. The van der Waals surface area contributed by atoms with Crippen LogP contribution in [0.2, 0.25) is 0 Å². The molecular weight excluding hydrogens is 329 g/mol. The van der Waals surface area contributed by atoms with Gasteiger partial charge >= 0.3 is 6.18 Å². The van der Waals surface area contributed by atoms with Crippen molar-refractivity contribution in [1.29, 1.82) is 0 Å². The van der Waals surface area contributed by atoms with Crippen LogP contribution in [0.4, 0.5) is 19.0 Å². The van der Waals surface area contributed by atoms with E-state index in [9.17, 15) is 13.2 Å². The third kappa shape index (κ3) is 3.65. The zero-order valence-electron chi connectivity index (χ0n) is 14.0. The Morgan fingerprint density at radius 1 is 0.920 bits per heavy atom. The Balaban J connectivity index is 2.02. The van der Waals surface area contributed by atoms with E-state index in [1.165, 1.54) is 0 Å².